The fraction of sp³-hybridized carbons (Fsp3) is 0.750. The van der Waals surface area contributed by atoms with Gasteiger partial charge in [-0.1, -0.05) is 0 Å². The summed E-state index contributed by atoms with van der Waals surface area (Å²) in [5.41, 5.74) is 7.61. The van der Waals surface area contributed by atoms with Crippen LogP contribution in [0.1, 0.15) is 31.2 Å². The molecule has 1 aliphatic rings. The smallest absolute Gasteiger partial charge is 0.245 e. The van der Waals surface area contributed by atoms with Crippen LogP contribution in [-0.4, -0.2) is 34.3 Å². The normalized spacial score (nSPS) is 25.1. The van der Waals surface area contributed by atoms with Crippen LogP contribution in [-0.2, 0) is 0 Å². The third-order valence-electron chi connectivity index (χ3n) is 3.65. The summed E-state index contributed by atoms with van der Waals surface area (Å²) < 4.78 is 0. The maximum Gasteiger partial charge on any atom is 0.245 e. The molecule has 2 rings (SSSR count). The molecule has 0 aromatic carbocycles. The Bertz CT molecular complexity index is 392. The van der Waals surface area contributed by atoms with E-state index in [1.54, 1.807) is 0 Å². The van der Waals surface area contributed by atoms with Crippen LogP contribution in [0.25, 0.3) is 0 Å². The van der Waals surface area contributed by atoms with Crippen molar-refractivity contribution in [3.8, 4) is 0 Å². The molecule has 0 bridgehead atoms. The van der Waals surface area contributed by atoms with Gasteiger partial charge in [-0.2, -0.15) is 5.10 Å². The average Bonchev–Trinajstić information content (AvgIpc) is 2.33. The highest BCUT2D eigenvalue weighted by Gasteiger charge is 2.26. The molecule has 0 spiro atoms. The highest BCUT2D eigenvalue weighted by molar-refractivity contribution is 5.32. The number of nitrogens with zero attached hydrogens (tertiary/aromatic N) is 4. The summed E-state index contributed by atoms with van der Waals surface area (Å²) in [6.45, 7) is 7.80. The Hall–Kier alpha value is -1.23. The first kappa shape index (κ1) is 12.2. The molecule has 1 saturated heterocycles. The monoisotopic (exact) mass is 235 g/mol. The van der Waals surface area contributed by atoms with Crippen molar-refractivity contribution >= 4 is 5.95 Å². The first-order valence-corrected chi connectivity index (χ1v) is 6.26. The second-order valence-electron chi connectivity index (χ2n) is 4.96. The van der Waals surface area contributed by atoms with Gasteiger partial charge < -0.3 is 10.6 Å². The number of hydrogen-bond acceptors (Lipinski definition) is 5. The van der Waals surface area contributed by atoms with Crippen molar-refractivity contribution in [2.75, 3.05) is 18.0 Å². The molecule has 5 nitrogen and oxygen atoms in total. The van der Waals surface area contributed by atoms with Gasteiger partial charge in [-0.15, -0.1) is 5.10 Å². The molecule has 2 atom stereocenters. The number of aryl methyl sites for hydroxylation is 2. The van der Waals surface area contributed by atoms with Crippen LogP contribution in [0.3, 0.4) is 0 Å². The molecule has 1 fully saturated rings. The molecular weight excluding hydrogens is 214 g/mol. The number of nitrogens with two attached hydrogens (primary N) is 1. The summed E-state index contributed by atoms with van der Waals surface area (Å²) in [4.78, 5) is 6.76. The molecular formula is C12H21N5. The van der Waals surface area contributed by atoms with Crippen LogP contribution in [0, 0.1) is 19.8 Å². The summed E-state index contributed by atoms with van der Waals surface area (Å²) in [7, 11) is 0. The summed E-state index contributed by atoms with van der Waals surface area (Å²) in [6.07, 6.45) is 2.35. The van der Waals surface area contributed by atoms with Gasteiger partial charge in [0.05, 0.1) is 11.4 Å². The van der Waals surface area contributed by atoms with E-state index < -0.39 is 0 Å². The molecule has 2 unspecified atom stereocenters. The lowest BCUT2D eigenvalue weighted by atomic mass is 9.94. The molecule has 5 heteroatoms. The van der Waals surface area contributed by atoms with E-state index in [0.29, 0.717) is 12.0 Å². The molecule has 1 aliphatic heterocycles. The molecule has 0 aliphatic carbocycles. The van der Waals surface area contributed by atoms with E-state index in [2.05, 4.69) is 27.0 Å². The van der Waals surface area contributed by atoms with Crippen molar-refractivity contribution in [1.82, 2.24) is 15.2 Å². The molecule has 0 radical (unpaired) electrons. The first-order chi connectivity index (χ1) is 8.11. The van der Waals surface area contributed by atoms with Gasteiger partial charge in [0.1, 0.15) is 0 Å². The van der Waals surface area contributed by atoms with E-state index in [4.69, 9.17) is 5.73 Å². The number of aromatic nitrogens is 3. The zero-order valence-corrected chi connectivity index (χ0v) is 10.8. The van der Waals surface area contributed by atoms with Gasteiger partial charge in [0.25, 0.3) is 0 Å². The second kappa shape index (κ2) is 4.96. The maximum absolute atomic E-state index is 5.76. The number of piperidine rings is 1. The van der Waals surface area contributed by atoms with Crippen LogP contribution in [0.5, 0.6) is 0 Å². The van der Waals surface area contributed by atoms with E-state index in [1.807, 2.05) is 13.8 Å². The summed E-state index contributed by atoms with van der Waals surface area (Å²) >= 11 is 0. The van der Waals surface area contributed by atoms with E-state index in [1.165, 1.54) is 6.42 Å². The molecule has 1 aromatic rings. The van der Waals surface area contributed by atoms with E-state index in [-0.39, 0.29) is 0 Å². The van der Waals surface area contributed by atoms with Crippen LogP contribution in [0.2, 0.25) is 0 Å². The van der Waals surface area contributed by atoms with E-state index >= 15 is 0 Å². The Morgan fingerprint density at radius 2 is 2.00 bits per heavy atom. The third kappa shape index (κ3) is 2.54. The first-order valence-electron chi connectivity index (χ1n) is 6.26. The van der Waals surface area contributed by atoms with Gasteiger partial charge in [0.15, 0.2) is 0 Å². The van der Waals surface area contributed by atoms with Gasteiger partial charge in [-0.05, 0) is 46.1 Å². The Labute approximate surface area is 102 Å². The van der Waals surface area contributed by atoms with Gasteiger partial charge in [-0.25, -0.2) is 4.98 Å². The predicted octanol–water partition coefficient (Wildman–Crippen LogP) is 1.05. The van der Waals surface area contributed by atoms with Crippen LogP contribution >= 0.6 is 0 Å². The van der Waals surface area contributed by atoms with Gasteiger partial charge >= 0.3 is 0 Å². The number of rotatable bonds is 2. The Morgan fingerprint density at radius 3 is 2.65 bits per heavy atom. The van der Waals surface area contributed by atoms with Crippen LogP contribution in [0.15, 0.2) is 0 Å². The Kier molecular flexibility index (Phi) is 3.57. The van der Waals surface area contributed by atoms with Crippen LogP contribution < -0.4 is 10.6 Å². The summed E-state index contributed by atoms with van der Waals surface area (Å²) in [6, 6.07) is 0.474. The highest BCUT2D eigenvalue weighted by atomic mass is 15.3. The maximum atomic E-state index is 5.76. The minimum atomic E-state index is 0.474. The average molecular weight is 235 g/mol. The van der Waals surface area contributed by atoms with Crippen molar-refractivity contribution in [2.45, 2.75) is 39.7 Å². The fourth-order valence-corrected chi connectivity index (χ4v) is 2.22. The van der Waals surface area contributed by atoms with Crippen molar-refractivity contribution in [1.29, 1.82) is 0 Å². The van der Waals surface area contributed by atoms with Crippen molar-refractivity contribution in [2.24, 2.45) is 11.7 Å². The van der Waals surface area contributed by atoms with Crippen molar-refractivity contribution in [3.63, 3.8) is 0 Å². The minimum Gasteiger partial charge on any atom is -0.336 e. The lowest BCUT2D eigenvalue weighted by Gasteiger charge is -2.37. The van der Waals surface area contributed by atoms with Crippen molar-refractivity contribution < 1.29 is 0 Å². The lowest BCUT2D eigenvalue weighted by molar-refractivity contribution is 0.368. The van der Waals surface area contributed by atoms with Crippen LogP contribution in [0.4, 0.5) is 5.95 Å². The molecule has 1 aromatic heterocycles. The SMILES string of the molecule is Cc1nnc(N2CC(CN)CCC2C)nc1C. The number of anilines is 1. The predicted molar refractivity (Wildman–Crippen MR) is 67.9 cm³/mol. The molecule has 17 heavy (non-hydrogen) atoms. The third-order valence-corrected chi connectivity index (χ3v) is 3.65. The highest BCUT2D eigenvalue weighted by Crippen LogP contribution is 2.24. The summed E-state index contributed by atoms with van der Waals surface area (Å²) in [5.74, 6) is 1.30. The molecule has 0 amide bonds. The zero-order chi connectivity index (χ0) is 12.4. The van der Waals surface area contributed by atoms with Gasteiger partial charge in [-0.3, -0.25) is 0 Å². The van der Waals surface area contributed by atoms with Crippen molar-refractivity contribution in [3.05, 3.63) is 11.4 Å². The Balaban J connectivity index is 2.21. The quantitative estimate of drug-likeness (QED) is 0.830. The fourth-order valence-electron chi connectivity index (χ4n) is 2.22. The number of hydrogen-bond donors (Lipinski definition) is 1. The largest absolute Gasteiger partial charge is 0.336 e. The van der Waals surface area contributed by atoms with Gasteiger partial charge in [0.2, 0.25) is 5.95 Å². The molecule has 2 heterocycles. The lowest BCUT2D eigenvalue weighted by Crippen LogP contribution is -2.45. The topological polar surface area (TPSA) is 67.9 Å². The zero-order valence-electron chi connectivity index (χ0n) is 10.8. The summed E-state index contributed by atoms with van der Waals surface area (Å²) in [5, 5.41) is 8.36. The van der Waals surface area contributed by atoms with E-state index in [9.17, 15) is 0 Å². The molecule has 0 saturated carbocycles. The minimum absolute atomic E-state index is 0.474. The second-order valence-corrected chi connectivity index (χ2v) is 4.96. The Morgan fingerprint density at radius 1 is 1.24 bits per heavy atom. The van der Waals surface area contributed by atoms with Gasteiger partial charge in [0, 0.05) is 12.6 Å². The molecule has 94 valence electrons. The van der Waals surface area contributed by atoms with E-state index in [0.717, 1.165) is 36.8 Å². The standard InChI is InChI=1S/C12H21N5/c1-8-4-5-11(6-13)7-17(8)12-14-9(2)10(3)15-16-12/h8,11H,4-7,13H2,1-3H3. The molecule has 2 N–H and O–H groups in total.